The first-order valence-electron chi connectivity index (χ1n) is 7.19. The van der Waals surface area contributed by atoms with Gasteiger partial charge in [0.05, 0.1) is 6.42 Å². The molecule has 1 fully saturated rings. The summed E-state index contributed by atoms with van der Waals surface area (Å²) in [6, 6.07) is -0.415. The van der Waals surface area contributed by atoms with Crippen molar-refractivity contribution in [2.24, 2.45) is 5.41 Å². The lowest BCUT2D eigenvalue weighted by Gasteiger charge is -2.29. The van der Waals surface area contributed by atoms with Gasteiger partial charge in [0.2, 0.25) is 5.91 Å². The van der Waals surface area contributed by atoms with Gasteiger partial charge in [-0.25, -0.2) is 4.79 Å². The van der Waals surface area contributed by atoms with Crippen LogP contribution in [0, 0.1) is 5.41 Å². The number of rotatable bonds is 5. The van der Waals surface area contributed by atoms with Gasteiger partial charge in [-0.1, -0.05) is 13.8 Å². The van der Waals surface area contributed by atoms with Gasteiger partial charge in [0.15, 0.2) is 0 Å². The monoisotopic (exact) mass is 299 g/mol. The van der Waals surface area contributed by atoms with Crippen molar-refractivity contribution in [3.63, 3.8) is 0 Å². The van der Waals surface area contributed by atoms with Gasteiger partial charge in [-0.3, -0.25) is 14.9 Å². The minimum atomic E-state index is -0.955. The molecule has 0 aliphatic carbocycles. The van der Waals surface area contributed by atoms with Crippen LogP contribution in [0.1, 0.15) is 39.5 Å². The number of imide groups is 1. The number of likely N-dealkylation sites (tertiary alicyclic amines) is 1. The van der Waals surface area contributed by atoms with Crippen LogP contribution in [0.25, 0.3) is 0 Å². The Morgan fingerprint density at radius 1 is 1.19 bits per heavy atom. The quantitative estimate of drug-likeness (QED) is 0.697. The summed E-state index contributed by atoms with van der Waals surface area (Å²) >= 11 is 0. The maximum atomic E-state index is 11.8. The molecule has 120 valence electrons. The van der Waals surface area contributed by atoms with Crippen molar-refractivity contribution < 1.29 is 19.5 Å². The van der Waals surface area contributed by atoms with Crippen molar-refractivity contribution in [1.82, 2.24) is 15.5 Å². The van der Waals surface area contributed by atoms with E-state index in [1.807, 2.05) is 7.05 Å². The number of nitrogens with one attached hydrogen (secondary N) is 2. The van der Waals surface area contributed by atoms with Crippen LogP contribution in [0.3, 0.4) is 0 Å². The zero-order valence-corrected chi connectivity index (χ0v) is 12.9. The van der Waals surface area contributed by atoms with Crippen LogP contribution >= 0.6 is 0 Å². The molecule has 0 bridgehead atoms. The number of carbonyl (C=O) groups is 3. The SMILES string of the molecule is CN1CCC(NC(=O)NC(=O)CC(C)(C)CC(=O)O)CC1. The van der Waals surface area contributed by atoms with Crippen LogP contribution in [0.2, 0.25) is 0 Å². The molecule has 3 amide bonds. The lowest BCUT2D eigenvalue weighted by atomic mass is 9.85. The molecule has 7 heteroatoms. The molecule has 0 aromatic heterocycles. The highest BCUT2D eigenvalue weighted by Gasteiger charge is 2.26. The average molecular weight is 299 g/mol. The van der Waals surface area contributed by atoms with Crippen LogP contribution in [0.5, 0.6) is 0 Å². The van der Waals surface area contributed by atoms with E-state index in [1.54, 1.807) is 13.8 Å². The molecule has 0 unspecified atom stereocenters. The van der Waals surface area contributed by atoms with Gasteiger partial charge in [-0.2, -0.15) is 0 Å². The third kappa shape index (κ3) is 7.08. The van der Waals surface area contributed by atoms with Gasteiger partial charge in [0.1, 0.15) is 0 Å². The van der Waals surface area contributed by atoms with Crippen LogP contribution < -0.4 is 10.6 Å². The highest BCUT2D eigenvalue weighted by atomic mass is 16.4. The largest absolute Gasteiger partial charge is 0.481 e. The molecule has 0 aromatic carbocycles. The van der Waals surface area contributed by atoms with Crippen LogP contribution in [0.15, 0.2) is 0 Å². The van der Waals surface area contributed by atoms with E-state index in [9.17, 15) is 14.4 Å². The molecule has 0 saturated carbocycles. The number of piperidine rings is 1. The van der Waals surface area contributed by atoms with E-state index in [4.69, 9.17) is 5.11 Å². The number of aliphatic carboxylic acids is 1. The fourth-order valence-corrected chi connectivity index (χ4v) is 2.45. The van der Waals surface area contributed by atoms with Gasteiger partial charge in [0, 0.05) is 12.5 Å². The number of hydrogen-bond acceptors (Lipinski definition) is 4. The van der Waals surface area contributed by atoms with E-state index in [0.717, 1.165) is 25.9 Å². The Labute approximate surface area is 125 Å². The number of amides is 3. The maximum Gasteiger partial charge on any atom is 0.321 e. The van der Waals surface area contributed by atoms with Gasteiger partial charge in [-0.15, -0.1) is 0 Å². The first-order chi connectivity index (χ1) is 9.68. The minimum Gasteiger partial charge on any atom is -0.481 e. The Morgan fingerprint density at radius 3 is 2.29 bits per heavy atom. The van der Waals surface area contributed by atoms with E-state index in [1.165, 1.54) is 0 Å². The summed E-state index contributed by atoms with van der Waals surface area (Å²) in [6.45, 7) is 5.22. The van der Waals surface area contributed by atoms with E-state index in [2.05, 4.69) is 15.5 Å². The Hall–Kier alpha value is -1.63. The predicted molar refractivity (Wildman–Crippen MR) is 77.8 cm³/mol. The van der Waals surface area contributed by atoms with Gasteiger partial charge in [0.25, 0.3) is 0 Å². The fraction of sp³-hybridized carbons (Fsp3) is 0.786. The lowest BCUT2D eigenvalue weighted by Crippen LogP contribution is -2.49. The standard InChI is InChI=1S/C14H25N3O4/c1-14(2,9-12(19)20)8-11(18)16-13(21)15-10-4-6-17(3)7-5-10/h10H,4-9H2,1-3H3,(H,19,20)(H2,15,16,18,21). The Bertz CT molecular complexity index is 401. The minimum absolute atomic E-state index is 0.000123. The van der Waals surface area contributed by atoms with E-state index in [0.29, 0.717) is 0 Å². The molecule has 1 rings (SSSR count). The number of carbonyl (C=O) groups excluding carboxylic acids is 2. The molecular weight excluding hydrogens is 274 g/mol. The Balaban J connectivity index is 2.33. The van der Waals surface area contributed by atoms with E-state index >= 15 is 0 Å². The van der Waals surface area contributed by atoms with Gasteiger partial charge in [-0.05, 0) is 38.4 Å². The number of urea groups is 1. The summed E-state index contributed by atoms with van der Waals surface area (Å²) in [5.74, 6) is -1.41. The molecule has 0 atom stereocenters. The second kappa shape index (κ2) is 7.40. The maximum absolute atomic E-state index is 11.8. The summed E-state index contributed by atoms with van der Waals surface area (Å²) in [4.78, 5) is 36.4. The third-order valence-corrected chi connectivity index (χ3v) is 3.58. The smallest absolute Gasteiger partial charge is 0.321 e. The van der Waals surface area contributed by atoms with Crippen molar-refractivity contribution in [1.29, 1.82) is 0 Å². The first-order valence-corrected chi connectivity index (χ1v) is 7.19. The molecule has 1 saturated heterocycles. The number of carboxylic acid groups (broad SMARTS) is 1. The zero-order valence-electron chi connectivity index (χ0n) is 12.9. The van der Waals surface area contributed by atoms with Crippen molar-refractivity contribution >= 4 is 17.9 Å². The van der Waals surface area contributed by atoms with Crippen molar-refractivity contribution in [2.45, 2.75) is 45.6 Å². The second-order valence-corrected chi connectivity index (χ2v) is 6.51. The Kier molecular flexibility index (Phi) is 6.14. The molecule has 1 aliphatic heterocycles. The lowest BCUT2D eigenvalue weighted by molar-refractivity contribution is -0.139. The zero-order chi connectivity index (χ0) is 16.0. The summed E-state index contributed by atoms with van der Waals surface area (Å²) in [6.07, 6.45) is 1.61. The highest BCUT2D eigenvalue weighted by molar-refractivity contribution is 5.94. The molecule has 1 heterocycles. The van der Waals surface area contributed by atoms with E-state index in [-0.39, 0.29) is 18.9 Å². The molecule has 0 radical (unpaired) electrons. The molecule has 1 aliphatic rings. The second-order valence-electron chi connectivity index (χ2n) is 6.51. The summed E-state index contributed by atoms with van der Waals surface area (Å²) in [5.41, 5.74) is -0.677. The van der Waals surface area contributed by atoms with Crippen molar-refractivity contribution in [3.8, 4) is 0 Å². The summed E-state index contributed by atoms with van der Waals surface area (Å²) in [7, 11) is 2.03. The van der Waals surface area contributed by atoms with Gasteiger partial charge < -0.3 is 15.3 Å². The Morgan fingerprint density at radius 2 is 1.76 bits per heavy atom. The first kappa shape index (κ1) is 17.4. The molecule has 7 nitrogen and oxygen atoms in total. The summed E-state index contributed by atoms with van der Waals surface area (Å²) < 4.78 is 0. The van der Waals surface area contributed by atoms with E-state index < -0.39 is 23.3 Å². The number of nitrogens with zero attached hydrogens (tertiary/aromatic N) is 1. The molecular formula is C14H25N3O4. The van der Waals surface area contributed by atoms with Crippen molar-refractivity contribution in [2.75, 3.05) is 20.1 Å². The molecule has 21 heavy (non-hydrogen) atoms. The van der Waals surface area contributed by atoms with Gasteiger partial charge >= 0.3 is 12.0 Å². The van der Waals surface area contributed by atoms with Crippen molar-refractivity contribution in [3.05, 3.63) is 0 Å². The summed E-state index contributed by atoms with van der Waals surface area (Å²) in [5, 5.41) is 13.8. The molecule has 3 N–H and O–H groups in total. The average Bonchev–Trinajstić information content (AvgIpc) is 2.28. The topological polar surface area (TPSA) is 98.7 Å². The number of hydrogen-bond donors (Lipinski definition) is 3. The fourth-order valence-electron chi connectivity index (χ4n) is 2.45. The normalized spacial score (nSPS) is 17.3. The highest BCUT2D eigenvalue weighted by Crippen LogP contribution is 2.24. The van der Waals surface area contributed by atoms with Crippen LogP contribution in [-0.4, -0.2) is 54.1 Å². The predicted octanol–water partition coefficient (Wildman–Crippen LogP) is 0.797. The molecule has 0 spiro atoms. The van der Waals surface area contributed by atoms with Crippen LogP contribution in [-0.2, 0) is 9.59 Å². The molecule has 0 aromatic rings. The van der Waals surface area contributed by atoms with Crippen LogP contribution in [0.4, 0.5) is 4.79 Å². The third-order valence-electron chi connectivity index (χ3n) is 3.58. The number of carboxylic acids is 1.